The van der Waals surface area contributed by atoms with Crippen LogP contribution in [0.15, 0.2) is 24.3 Å². The number of primary amides is 1. The highest BCUT2D eigenvalue weighted by Gasteiger charge is 2.19. The van der Waals surface area contributed by atoms with E-state index in [1.54, 1.807) is 24.3 Å². The van der Waals surface area contributed by atoms with Gasteiger partial charge < -0.3 is 21.7 Å². The van der Waals surface area contributed by atoms with E-state index in [1.165, 1.54) is 0 Å². The molecular formula is C14H18N4O3. The average Bonchev–Trinajstić information content (AvgIpc) is 2.48. The van der Waals surface area contributed by atoms with Crippen LogP contribution in [0.25, 0.3) is 0 Å². The zero-order valence-electron chi connectivity index (χ0n) is 11.5. The van der Waals surface area contributed by atoms with E-state index in [-0.39, 0.29) is 17.9 Å². The topological polar surface area (TPSA) is 113 Å². The minimum atomic E-state index is -0.587. The van der Waals surface area contributed by atoms with E-state index in [2.05, 4.69) is 16.0 Å². The van der Waals surface area contributed by atoms with Crippen LogP contribution in [-0.2, 0) is 11.3 Å². The molecule has 1 saturated heterocycles. The van der Waals surface area contributed by atoms with Gasteiger partial charge in [-0.2, -0.15) is 0 Å². The zero-order valence-corrected chi connectivity index (χ0v) is 11.5. The highest BCUT2D eigenvalue weighted by atomic mass is 16.2. The molecule has 1 unspecified atom stereocenters. The van der Waals surface area contributed by atoms with Gasteiger partial charge in [0, 0.05) is 31.1 Å². The van der Waals surface area contributed by atoms with Gasteiger partial charge in [0.2, 0.25) is 5.91 Å². The number of benzene rings is 1. The molecule has 1 fully saturated rings. The molecule has 0 aromatic heterocycles. The lowest BCUT2D eigenvalue weighted by molar-refractivity contribution is -0.122. The first kappa shape index (κ1) is 14.8. The van der Waals surface area contributed by atoms with Crippen LogP contribution in [-0.4, -0.2) is 30.4 Å². The van der Waals surface area contributed by atoms with Gasteiger partial charge in [0.1, 0.15) is 0 Å². The number of carbonyl (C=O) groups is 3. The van der Waals surface area contributed by atoms with E-state index in [1.807, 2.05) is 0 Å². The van der Waals surface area contributed by atoms with Gasteiger partial charge in [-0.05, 0) is 24.1 Å². The molecule has 1 heterocycles. The second-order valence-electron chi connectivity index (χ2n) is 4.93. The van der Waals surface area contributed by atoms with Crippen LogP contribution in [0.1, 0.15) is 28.8 Å². The molecule has 0 radical (unpaired) electrons. The van der Waals surface area contributed by atoms with Gasteiger partial charge in [-0.3, -0.25) is 9.59 Å². The Morgan fingerprint density at radius 3 is 2.57 bits per heavy atom. The van der Waals surface area contributed by atoms with E-state index in [4.69, 9.17) is 5.73 Å². The number of rotatable bonds is 4. The predicted molar refractivity (Wildman–Crippen MR) is 76.4 cm³/mol. The van der Waals surface area contributed by atoms with E-state index >= 15 is 0 Å². The lowest BCUT2D eigenvalue weighted by Crippen LogP contribution is -2.47. The number of urea groups is 1. The summed E-state index contributed by atoms with van der Waals surface area (Å²) in [6, 6.07) is 6.27. The molecule has 2 rings (SSSR count). The summed E-state index contributed by atoms with van der Waals surface area (Å²) in [6.45, 7) is 0.789. The van der Waals surface area contributed by atoms with Crippen LogP contribution in [0.3, 0.4) is 0 Å². The second-order valence-corrected chi connectivity index (χ2v) is 4.93. The highest BCUT2D eigenvalue weighted by Crippen LogP contribution is 2.07. The van der Waals surface area contributed by atoms with Crippen molar-refractivity contribution in [3.05, 3.63) is 35.4 Å². The first-order valence-electron chi connectivity index (χ1n) is 6.74. The highest BCUT2D eigenvalue weighted by molar-refractivity contribution is 5.94. The number of hydrogen-bond donors (Lipinski definition) is 4. The number of amides is 4. The van der Waals surface area contributed by atoms with E-state index < -0.39 is 6.03 Å². The average molecular weight is 290 g/mol. The third-order valence-electron chi connectivity index (χ3n) is 3.28. The van der Waals surface area contributed by atoms with Gasteiger partial charge in [-0.15, -0.1) is 0 Å². The van der Waals surface area contributed by atoms with Gasteiger partial charge in [-0.25, -0.2) is 4.79 Å². The molecule has 1 aromatic carbocycles. The van der Waals surface area contributed by atoms with Gasteiger partial charge in [-0.1, -0.05) is 12.1 Å². The Hall–Kier alpha value is -2.57. The van der Waals surface area contributed by atoms with Crippen molar-refractivity contribution in [3.8, 4) is 0 Å². The van der Waals surface area contributed by atoms with Crippen molar-refractivity contribution in [2.45, 2.75) is 25.4 Å². The van der Waals surface area contributed by atoms with E-state index in [9.17, 15) is 14.4 Å². The number of nitrogens with one attached hydrogen (secondary N) is 3. The van der Waals surface area contributed by atoms with Crippen molar-refractivity contribution < 1.29 is 14.4 Å². The Morgan fingerprint density at radius 2 is 2.00 bits per heavy atom. The molecule has 0 spiro atoms. The van der Waals surface area contributed by atoms with E-state index in [0.717, 1.165) is 5.56 Å². The maximum Gasteiger partial charge on any atom is 0.312 e. The van der Waals surface area contributed by atoms with Gasteiger partial charge in [0.05, 0.1) is 0 Å². The zero-order chi connectivity index (χ0) is 15.2. The summed E-state index contributed by atoms with van der Waals surface area (Å²) >= 11 is 0. The Morgan fingerprint density at radius 1 is 1.29 bits per heavy atom. The SMILES string of the molecule is NC(=O)NCc1ccc(C(=O)NC2CCC(=O)NC2)cc1. The second kappa shape index (κ2) is 6.74. The first-order chi connectivity index (χ1) is 10.0. The Balaban J connectivity index is 1.87. The summed E-state index contributed by atoms with van der Waals surface area (Å²) in [5.74, 6) is -0.155. The number of carbonyl (C=O) groups excluding carboxylic acids is 3. The molecule has 1 aliphatic rings. The molecule has 0 bridgehead atoms. The Bertz CT molecular complexity index is 532. The Labute approximate surface area is 122 Å². The predicted octanol–water partition coefficient (Wildman–Crippen LogP) is -0.137. The summed E-state index contributed by atoms with van der Waals surface area (Å²) in [7, 11) is 0. The molecule has 0 saturated carbocycles. The first-order valence-corrected chi connectivity index (χ1v) is 6.74. The summed E-state index contributed by atoms with van der Waals surface area (Å²) < 4.78 is 0. The van der Waals surface area contributed by atoms with Crippen LogP contribution >= 0.6 is 0 Å². The van der Waals surface area contributed by atoms with Crippen molar-refractivity contribution in [2.75, 3.05) is 6.54 Å². The van der Waals surface area contributed by atoms with Crippen LogP contribution in [0.4, 0.5) is 4.79 Å². The monoisotopic (exact) mass is 290 g/mol. The molecule has 7 nitrogen and oxygen atoms in total. The molecule has 1 atom stereocenters. The van der Waals surface area contributed by atoms with Crippen LogP contribution < -0.4 is 21.7 Å². The van der Waals surface area contributed by atoms with Crippen LogP contribution in [0, 0.1) is 0 Å². The molecule has 4 amide bonds. The fourth-order valence-corrected chi connectivity index (χ4v) is 2.09. The lowest BCUT2D eigenvalue weighted by atomic mass is 10.1. The Kier molecular flexibility index (Phi) is 4.76. The van der Waals surface area contributed by atoms with Crippen molar-refractivity contribution in [3.63, 3.8) is 0 Å². The summed E-state index contributed by atoms with van der Waals surface area (Å²) in [4.78, 5) is 33.7. The maximum atomic E-state index is 12.1. The van der Waals surface area contributed by atoms with Gasteiger partial charge in [0.25, 0.3) is 5.91 Å². The van der Waals surface area contributed by atoms with Crippen molar-refractivity contribution in [1.82, 2.24) is 16.0 Å². The third kappa shape index (κ3) is 4.48. The lowest BCUT2D eigenvalue weighted by Gasteiger charge is -2.23. The number of piperidine rings is 1. The fourth-order valence-electron chi connectivity index (χ4n) is 2.09. The van der Waals surface area contributed by atoms with Crippen molar-refractivity contribution >= 4 is 17.8 Å². The third-order valence-corrected chi connectivity index (χ3v) is 3.28. The van der Waals surface area contributed by atoms with Gasteiger partial charge in [0.15, 0.2) is 0 Å². The van der Waals surface area contributed by atoms with Crippen LogP contribution in [0.5, 0.6) is 0 Å². The fraction of sp³-hybridized carbons (Fsp3) is 0.357. The van der Waals surface area contributed by atoms with E-state index in [0.29, 0.717) is 31.5 Å². The van der Waals surface area contributed by atoms with Crippen molar-refractivity contribution in [1.29, 1.82) is 0 Å². The molecule has 7 heteroatoms. The molecule has 0 aliphatic carbocycles. The molecule has 21 heavy (non-hydrogen) atoms. The molecular weight excluding hydrogens is 272 g/mol. The van der Waals surface area contributed by atoms with Crippen LogP contribution in [0.2, 0.25) is 0 Å². The maximum absolute atomic E-state index is 12.1. The molecule has 112 valence electrons. The smallest absolute Gasteiger partial charge is 0.312 e. The number of hydrogen-bond acceptors (Lipinski definition) is 3. The molecule has 1 aliphatic heterocycles. The summed E-state index contributed by atoms with van der Waals surface area (Å²) in [6.07, 6.45) is 1.08. The number of nitrogens with two attached hydrogens (primary N) is 1. The van der Waals surface area contributed by atoms with Gasteiger partial charge >= 0.3 is 6.03 Å². The summed E-state index contributed by atoms with van der Waals surface area (Å²) in [5.41, 5.74) is 6.38. The normalized spacial score (nSPS) is 17.7. The standard InChI is InChI=1S/C14H18N4O3/c15-14(21)17-7-9-1-3-10(4-2-9)13(20)18-11-5-6-12(19)16-8-11/h1-4,11H,5-8H2,(H,16,19)(H,18,20)(H3,15,17,21). The van der Waals surface area contributed by atoms with Crippen molar-refractivity contribution in [2.24, 2.45) is 5.73 Å². The summed E-state index contributed by atoms with van der Waals surface area (Å²) in [5, 5.41) is 8.08. The largest absolute Gasteiger partial charge is 0.354 e. The quantitative estimate of drug-likeness (QED) is 0.619. The molecule has 1 aromatic rings. The molecule has 5 N–H and O–H groups in total. The minimum absolute atomic E-state index is 0.0202. The minimum Gasteiger partial charge on any atom is -0.354 e.